The first-order valence-corrected chi connectivity index (χ1v) is 6.93. The van der Waals surface area contributed by atoms with Gasteiger partial charge in [0.05, 0.1) is 0 Å². The van der Waals surface area contributed by atoms with Gasteiger partial charge in [-0.1, -0.05) is 28.1 Å². The third-order valence-corrected chi connectivity index (χ3v) is 3.78. The lowest BCUT2D eigenvalue weighted by molar-refractivity contribution is 0.899. The highest BCUT2D eigenvalue weighted by atomic mass is 79.9. The topological polar surface area (TPSA) is 37.8 Å². The van der Waals surface area contributed by atoms with E-state index in [2.05, 4.69) is 55.5 Å². The number of fused-ring (bicyclic) bond motifs is 1. The van der Waals surface area contributed by atoms with Crippen molar-refractivity contribution < 1.29 is 0 Å². The van der Waals surface area contributed by atoms with Gasteiger partial charge in [0, 0.05) is 22.3 Å². The third-order valence-electron chi connectivity index (χ3n) is 3.25. The number of hydrogen-bond donors (Lipinski definition) is 1. The van der Waals surface area contributed by atoms with E-state index < -0.39 is 0 Å². The second-order valence-corrected chi connectivity index (χ2v) is 5.40. The lowest BCUT2D eigenvalue weighted by atomic mass is 10.2. The fraction of sp³-hybridized carbons (Fsp3) is 0.286. The van der Waals surface area contributed by atoms with Crippen LogP contribution in [-0.4, -0.2) is 9.97 Å². The minimum absolute atomic E-state index is 0.802. The zero-order valence-electron chi connectivity index (χ0n) is 9.99. The van der Waals surface area contributed by atoms with Crippen molar-refractivity contribution in [3.05, 3.63) is 51.9 Å². The summed E-state index contributed by atoms with van der Waals surface area (Å²) in [6, 6.07) is 8.33. The Kier molecular flexibility index (Phi) is 3.28. The van der Waals surface area contributed by atoms with E-state index in [4.69, 9.17) is 0 Å². The molecule has 18 heavy (non-hydrogen) atoms. The van der Waals surface area contributed by atoms with Crippen LogP contribution < -0.4 is 5.32 Å². The molecule has 0 bridgehead atoms. The summed E-state index contributed by atoms with van der Waals surface area (Å²) in [5.41, 5.74) is 3.77. The van der Waals surface area contributed by atoms with Crippen molar-refractivity contribution in [1.82, 2.24) is 9.97 Å². The van der Waals surface area contributed by atoms with Gasteiger partial charge < -0.3 is 5.32 Å². The highest BCUT2D eigenvalue weighted by Gasteiger charge is 2.16. The molecule has 3 rings (SSSR count). The number of aryl methyl sites for hydroxylation is 1. The summed E-state index contributed by atoms with van der Waals surface area (Å²) < 4.78 is 1.11. The van der Waals surface area contributed by atoms with Crippen molar-refractivity contribution in [2.75, 3.05) is 5.32 Å². The molecule has 92 valence electrons. The maximum Gasteiger partial charge on any atom is 0.133 e. The predicted octanol–water partition coefficient (Wildman–Crippen LogP) is 3.34. The molecule has 0 saturated heterocycles. The van der Waals surface area contributed by atoms with Gasteiger partial charge in [0.15, 0.2) is 0 Å². The Bertz CT molecular complexity index is 551. The van der Waals surface area contributed by atoms with Gasteiger partial charge >= 0.3 is 0 Å². The molecular formula is C14H14BrN3. The number of aromatic nitrogens is 2. The molecule has 0 unspecified atom stereocenters. The largest absolute Gasteiger partial charge is 0.366 e. The van der Waals surface area contributed by atoms with E-state index in [0.717, 1.165) is 29.7 Å². The summed E-state index contributed by atoms with van der Waals surface area (Å²) in [4.78, 5) is 8.68. The van der Waals surface area contributed by atoms with Crippen molar-refractivity contribution in [2.24, 2.45) is 0 Å². The van der Waals surface area contributed by atoms with Crippen molar-refractivity contribution in [3.8, 4) is 0 Å². The van der Waals surface area contributed by atoms with Gasteiger partial charge in [-0.05, 0) is 37.0 Å². The van der Waals surface area contributed by atoms with Gasteiger partial charge in [-0.2, -0.15) is 0 Å². The number of benzene rings is 1. The summed E-state index contributed by atoms with van der Waals surface area (Å²) >= 11 is 3.44. The van der Waals surface area contributed by atoms with Crippen LogP contribution in [0.5, 0.6) is 0 Å². The van der Waals surface area contributed by atoms with Crippen LogP contribution in [0.15, 0.2) is 35.1 Å². The standard InChI is InChI=1S/C14H14BrN3/c15-11-6-4-10(5-7-11)8-16-14-12-2-1-3-13(12)17-9-18-14/h4-7,9H,1-3,8H2,(H,16,17,18). The van der Waals surface area contributed by atoms with Gasteiger partial charge in [0.2, 0.25) is 0 Å². The molecule has 1 aliphatic carbocycles. The SMILES string of the molecule is Brc1ccc(CNc2ncnc3c2CCC3)cc1. The van der Waals surface area contributed by atoms with E-state index in [1.165, 1.54) is 23.2 Å². The van der Waals surface area contributed by atoms with Gasteiger partial charge in [-0.25, -0.2) is 9.97 Å². The number of anilines is 1. The molecule has 4 heteroatoms. The second kappa shape index (κ2) is 5.06. The molecule has 0 amide bonds. The van der Waals surface area contributed by atoms with Gasteiger partial charge in [0.25, 0.3) is 0 Å². The van der Waals surface area contributed by atoms with Crippen molar-refractivity contribution in [1.29, 1.82) is 0 Å². The fourth-order valence-corrected chi connectivity index (χ4v) is 2.56. The first kappa shape index (κ1) is 11.7. The molecule has 0 aliphatic heterocycles. The maximum atomic E-state index is 4.35. The first-order chi connectivity index (χ1) is 8.83. The van der Waals surface area contributed by atoms with E-state index in [0.29, 0.717) is 0 Å². The predicted molar refractivity (Wildman–Crippen MR) is 75.5 cm³/mol. The van der Waals surface area contributed by atoms with Crippen molar-refractivity contribution in [2.45, 2.75) is 25.8 Å². The summed E-state index contributed by atoms with van der Waals surface area (Å²) in [6.45, 7) is 0.802. The number of hydrogen-bond acceptors (Lipinski definition) is 3. The molecule has 1 N–H and O–H groups in total. The number of nitrogens with zero attached hydrogens (tertiary/aromatic N) is 2. The van der Waals surface area contributed by atoms with Crippen LogP contribution in [0.25, 0.3) is 0 Å². The monoisotopic (exact) mass is 303 g/mol. The van der Waals surface area contributed by atoms with E-state index in [9.17, 15) is 0 Å². The van der Waals surface area contributed by atoms with Crippen LogP contribution in [0, 0.1) is 0 Å². The fourth-order valence-electron chi connectivity index (χ4n) is 2.30. The molecule has 0 fully saturated rings. The molecule has 0 spiro atoms. The molecule has 1 heterocycles. The molecule has 0 atom stereocenters. The zero-order valence-corrected chi connectivity index (χ0v) is 11.6. The van der Waals surface area contributed by atoms with Crippen LogP contribution in [0.3, 0.4) is 0 Å². The van der Waals surface area contributed by atoms with Crippen LogP contribution in [0.2, 0.25) is 0 Å². The average molecular weight is 304 g/mol. The Morgan fingerprint density at radius 2 is 1.94 bits per heavy atom. The van der Waals surface area contributed by atoms with Gasteiger partial charge in [-0.3, -0.25) is 0 Å². The Labute approximate surface area is 115 Å². The van der Waals surface area contributed by atoms with E-state index in [-0.39, 0.29) is 0 Å². The molecule has 1 aromatic carbocycles. The van der Waals surface area contributed by atoms with E-state index in [1.807, 2.05) is 0 Å². The summed E-state index contributed by atoms with van der Waals surface area (Å²) in [7, 11) is 0. The number of rotatable bonds is 3. The van der Waals surface area contributed by atoms with Crippen molar-refractivity contribution >= 4 is 21.7 Å². The minimum Gasteiger partial charge on any atom is -0.366 e. The normalized spacial score (nSPS) is 13.4. The number of nitrogens with one attached hydrogen (secondary N) is 1. The molecule has 0 saturated carbocycles. The minimum atomic E-state index is 0.802. The zero-order chi connectivity index (χ0) is 12.4. The third kappa shape index (κ3) is 2.38. The molecular weight excluding hydrogens is 290 g/mol. The highest BCUT2D eigenvalue weighted by Crippen LogP contribution is 2.25. The number of halogens is 1. The maximum absolute atomic E-state index is 4.35. The van der Waals surface area contributed by atoms with Gasteiger partial charge in [0.1, 0.15) is 12.1 Å². The molecule has 1 aromatic heterocycles. The average Bonchev–Trinajstić information content (AvgIpc) is 2.87. The van der Waals surface area contributed by atoms with Crippen molar-refractivity contribution in [3.63, 3.8) is 0 Å². The van der Waals surface area contributed by atoms with Crippen LogP contribution in [-0.2, 0) is 19.4 Å². The Morgan fingerprint density at radius 3 is 2.78 bits per heavy atom. The Hall–Kier alpha value is -1.42. The summed E-state index contributed by atoms with van der Waals surface area (Å²) in [5, 5.41) is 3.41. The van der Waals surface area contributed by atoms with E-state index in [1.54, 1.807) is 6.33 Å². The quantitative estimate of drug-likeness (QED) is 0.945. The lowest BCUT2D eigenvalue weighted by Crippen LogP contribution is -2.05. The van der Waals surface area contributed by atoms with E-state index >= 15 is 0 Å². The summed E-state index contributed by atoms with van der Waals surface area (Å²) in [5.74, 6) is 1.00. The molecule has 1 aliphatic rings. The van der Waals surface area contributed by atoms with Crippen LogP contribution in [0.1, 0.15) is 23.2 Å². The van der Waals surface area contributed by atoms with Crippen LogP contribution >= 0.6 is 15.9 Å². The Morgan fingerprint density at radius 1 is 1.11 bits per heavy atom. The molecule has 0 radical (unpaired) electrons. The molecule has 3 nitrogen and oxygen atoms in total. The summed E-state index contributed by atoms with van der Waals surface area (Å²) in [6.07, 6.45) is 5.04. The smallest absolute Gasteiger partial charge is 0.133 e. The lowest BCUT2D eigenvalue weighted by Gasteiger charge is -2.09. The molecule has 2 aromatic rings. The highest BCUT2D eigenvalue weighted by molar-refractivity contribution is 9.10. The second-order valence-electron chi connectivity index (χ2n) is 4.48. The van der Waals surface area contributed by atoms with Crippen LogP contribution in [0.4, 0.5) is 5.82 Å². The Balaban J connectivity index is 1.74. The first-order valence-electron chi connectivity index (χ1n) is 6.14. The van der Waals surface area contributed by atoms with Gasteiger partial charge in [-0.15, -0.1) is 0 Å².